The van der Waals surface area contributed by atoms with Gasteiger partial charge in [-0.3, -0.25) is 4.90 Å². The first-order valence-electron chi connectivity index (χ1n) is 12.2. The lowest BCUT2D eigenvalue weighted by molar-refractivity contribution is -0.0944. The van der Waals surface area contributed by atoms with Crippen LogP contribution in [-0.4, -0.2) is 80.9 Å². The molecule has 6 aliphatic rings. The lowest BCUT2D eigenvalue weighted by Crippen LogP contribution is -2.70. The van der Waals surface area contributed by atoms with Crippen molar-refractivity contribution in [2.24, 2.45) is 11.8 Å². The molecule has 0 amide bonds. The SMILES string of the molecule is FC1CCC2OCCN3CCC[C@@]4(COCCN4)[C@@H]3COC3CCC(CC3)C2C1. The quantitative estimate of drug-likeness (QED) is 0.665. The van der Waals surface area contributed by atoms with Crippen molar-refractivity contribution in [2.75, 3.05) is 46.1 Å². The number of rotatable bonds is 0. The van der Waals surface area contributed by atoms with E-state index in [1.807, 2.05) is 0 Å². The first-order valence-corrected chi connectivity index (χ1v) is 12.2. The summed E-state index contributed by atoms with van der Waals surface area (Å²) in [6.07, 6.45) is 9.18. The van der Waals surface area contributed by atoms with Crippen molar-refractivity contribution in [3.63, 3.8) is 0 Å². The van der Waals surface area contributed by atoms with Crippen LogP contribution in [0.3, 0.4) is 0 Å². The first kappa shape index (κ1) is 20.6. The Morgan fingerprint density at radius 3 is 2.69 bits per heavy atom. The third-order valence-electron chi connectivity index (χ3n) is 8.52. The summed E-state index contributed by atoms with van der Waals surface area (Å²) in [6.45, 7) is 6.10. The van der Waals surface area contributed by atoms with Gasteiger partial charge in [-0.25, -0.2) is 4.39 Å². The number of nitrogens with zero attached hydrogens (tertiary/aromatic N) is 1. The number of hydrogen-bond acceptors (Lipinski definition) is 5. The van der Waals surface area contributed by atoms with Crippen molar-refractivity contribution in [2.45, 2.75) is 87.7 Å². The second-order valence-corrected chi connectivity index (χ2v) is 10.1. The minimum absolute atomic E-state index is 0.0166. The van der Waals surface area contributed by atoms with E-state index in [1.54, 1.807) is 0 Å². The molecule has 0 radical (unpaired) electrons. The molecule has 1 spiro atoms. The second-order valence-electron chi connectivity index (χ2n) is 10.1. The van der Waals surface area contributed by atoms with Crippen LogP contribution in [0.4, 0.5) is 4.39 Å². The van der Waals surface area contributed by atoms with E-state index in [2.05, 4.69) is 10.2 Å². The van der Waals surface area contributed by atoms with E-state index >= 15 is 0 Å². The Morgan fingerprint density at radius 2 is 1.86 bits per heavy atom. The van der Waals surface area contributed by atoms with Crippen LogP contribution in [0.25, 0.3) is 0 Å². The molecule has 2 saturated carbocycles. The normalized spacial score (nSPS) is 47.5. The molecule has 0 aromatic carbocycles. The van der Waals surface area contributed by atoms with E-state index < -0.39 is 6.17 Å². The molecule has 2 bridgehead atoms. The zero-order chi connectivity index (χ0) is 19.7. The highest BCUT2D eigenvalue weighted by Crippen LogP contribution is 2.42. The Labute approximate surface area is 175 Å². The summed E-state index contributed by atoms with van der Waals surface area (Å²) in [7, 11) is 0. The van der Waals surface area contributed by atoms with Gasteiger partial charge in [0.05, 0.1) is 50.2 Å². The standard InChI is InChI=1S/C23H39FN2O3/c24-18-4-7-21-20(14-18)17-2-5-19(6-3-17)29-15-22-23(16-27-12-9-25-23)8-1-10-26(22)11-13-28-21/h17-22,25H,1-16H2/t17?,18?,19?,20?,21?,22-,23+/m0/s1. The topological polar surface area (TPSA) is 43.0 Å². The number of fused-ring (bicyclic) bond motifs is 5. The lowest BCUT2D eigenvalue weighted by atomic mass is 9.71. The Morgan fingerprint density at radius 1 is 0.966 bits per heavy atom. The summed E-state index contributed by atoms with van der Waals surface area (Å²) in [5.41, 5.74) is 0.0166. The number of halogens is 1. The van der Waals surface area contributed by atoms with Gasteiger partial charge in [-0.1, -0.05) is 0 Å². The van der Waals surface area contributed by atoms with Crippen LogP contribution in [0.1, 0.15) is 57.8 Å². The van der Waals surface area contributed by atoms with Crippen molar-refractivity contribution in [1.29, 1.82) is 0 Å². The maximum atomic E-state index is 14.2. The highest BCUT2D eigenvalue weighted by molar-refractivity contribution is 5.04. The van der Waals surface area contributed by atoms with Crippen LogP contribution in [-0.2, 0) is 14.2 Å². The van der Waals surface area contributed by atoms with E-state index in [9.17, 15) is 4.39 Å². The summed E-state index contributed by atoms with van der Waals surface area (Å²) in [5, 5.41) is 3.82. The van der Waals surface area contributed by atoms with Crippen LogP contribution >= 0.6 is 0 Å². The largest absolute Gasteiger partial charge is 0.378 e. The van der Waals surface area contributed by atoms with Gasteiger partial charge in [0.25, 0.3) is 0 Å². The summed E-state index contributed by atoms with van der Waals surface area (Å²) in [4.78, 5) is 2.59. The summed E-state index contributed by atoms with van der Waals surface area (Å²) < 4.78 is 33.2. The fourth-order valence-electron chi connectivity index (χ4n) is 6.91. The third-order valence-corrected chi connectivity index (χ3v) is 8.52. The molecule has 0 aromatic heterocycles. The van der Waals surface area contributed by atoms with Gasteiger partial charge in [0.2, 0.25) is 0 Å². The smallest absolute Gasteiger partial charge is 0.101 e. The molecule has 2 aliphatic carbocycles. The van der Waals surface area contributed by atoms with E-state index in [0.717, 1.165) is 71.7 Å². The molecule has 0 aromatic rings. The first-order chi connectivity index (χ1) is 14.2. The molecule has 4 aliphatic heterocycles. The molecule has 3 unspecified atom stereocenters. The highest BCUT2D eigenvalue weighted by Gasteiger charge is 2.47. The lowest BCUT2D eigenvalue weighted by Gasteiger charge is -2.52. The molecule has 6 rings (SSSR count). The van der Waals surface area contributed by atoms with Crippen LogP contribution < -0.4 is 5.32 Å². The molecule has 4 heterocycles. The van der Waals surface area contributed by atoms with Crippen LogP contribution in [0.5, 0.6) is 0 Å². The van der Waals surface area contributed by atoms with E-state index in [1.165, 1.54) is 19.3 Å². The zero-order valence-electron chi connectivity index (χ0n) is 17.8. The Hall–Kier alpha value is -0.270. The Bertz CT molecular complexity index is 531. The predicted molar refractivity (Wildman–Crippen MR) is 110 cm³/mol. The maximum absolute atomic E-state index is 14.2. The van der Waals surface area contributed by atoms with Crippen molar-refractivity contribution in [1.82, 2.24) is 10.2 Å². The summed E-state index contributed by atoms with van der Waals surface area (Å²) in [6, 6.07) is 0.344. The van der Waals surface area contributed by atoms with Crippen molar-refractivity contribution in [3.8, 4) is 0 Å². The average Bonchev–Trinajstić information content (AvgIpc) is 2.77. The molecule has 5 atom stereocenters. The van der Waals surface area contributed by atoms with Crippen LogP contribution in [0.15, 0.2) is 0 Å². The molecule has 6 fully saturated rings. The average molecular weight is 411 g/mol. The minimum Gasteiger partial charge on any atom is -0.378 e. The molecular weight excluding hydrogens is 371 g/mol. The van der Waals surface area contributed by atoms with Gasteiger partial charge >= 0.3 is 0 Å². The van der Waals surface area contributed by atoms with Gasteiger partial charge in [-0.2, -0.15) is 0 Å². The van der Waals surface area contributed by atoms with Gasteiger partial charge in [-0.05, 0) is 76.2 Å². The summed E-state index contributed by atoms with van der Waals surface area (Å²) >= 11 is 0. The van der Waals surface area contributed by atoms with Crippen molar-refractivity contribution < 1.29 is 18.6 Å². The second kappa shape index (κ2) is 9.07. The maximum Gasteiger partial charge on any atom is 0.101 e. The molecule has 166 valence electrons. The Balaban J connectivity index is 1.34. The van der Waals surface area contributed by atoms with Gasteiger partial charge < -0.3 is 19.5 Å². The fourth-order valence-corrected chi connectivity index (χ4v) is 6.91. The zero-order valence-corrected chi connectivity index (χ0v) is 17.8. The number of ether oxygens (including phenoxy) is 3. The van der Waals surface area contributed by atoms with E-state index in [0.29, 0.717) is 36.8 Å². The van der Waals surface area contributed by atoms with E-state index in [4.69, 9.17) is 14.2 Å². The van der Waals surface area contributed by atoms with Gasteiger partial charge in [0.15, 0.2) is 0 Å². The highest BCUT2D eigenvalue weighted by atomic mass is 19.1. The number of nitrogens with one attached hydrogen (secondary N) is 1. The van der Waals surface area contributed by atoms with E-state index in [-0.39, 0.29) is 11.6 Å². The number of alkyl halides is 1. The molecule has 4 saturated heterocycles. The predicted octanol–water partition coefficient (Wildman–Crippen LogP) is 2.92. The van der Waals surface area contributed by atoms with Crippen molar-refractivity contribution in [3.05, 3.63) is 0 Å². The van der Waals surface area contributed by atoms with Gasteiger partial charge in [-0.15, -0.1) is 0 Å². The molecule has 1 N–H and O–H groups in total. The molecule has 29 heavy (non-hydrogen) atoms. The number of piperidine rings is 1. The van der Waals surface area contributed by atoms with Gasteiger partial charge in [0.1, 0.15) is 6.17 Å². The molecule has 6 heteroatoms. The fraction of sp³-hybridized carbons (Fsp3) is 1.00. The summed E-state index contributed by atoms with van der Waals surface area (Å²) in [5.74, 6) is 1.01. The number of morpholine rings is 1. The Kier molecular flexibility index (Phi) is 6.45. The van der Waals surface area contributed by atoms with Crippen LogP contribution in [0.2, 0.25) is 0 Å². The third kappa shape index (κ3) is 4.38. The monoisotopic (exact) mass is 410 g/mol. The molecule has 5 nitrogen and oxygen atoms in total. The minimum atomic E-state index is -0.631. The number of hydrogen-bond donors (Lipinski definition) is 1. The van der Waals surface area contributed by atoms with Gasteiger partial charge in [0, 0.05) is 13.1 Å². The van der Waals surface area contributed by atoms with Crippen molar-refractivity contribution >= 4 is 0 Å². The molecular formula is C23H39FN2O3. The van der Waals surface area contributed by atoms with Crippen LogP contribution in [0, 0.1) is 11.8 Å².